The van der Waals surface area contributed by atoms with Crippen LogP contribution >= 0.6 is 0 Å². The Balaban J connectivity index is 1.94. The summed E-state index contributed by atoms with van der Waals surface area (Å²) < 4.78 is 10.2. The van der Waals surface area contributed by atoms with Gasteiger partial charge in [-0.1, -0.05) is 26.0 Å². The molecule has 144 valence electrons. The van der Waals surface area contributed by atoms with Crippen molar-refractivity contribution < 1.29 is 28.6 Å². The minimum Gasteiger partial charge on any atom is -0.482 e. The molecular weight excluding hydrogens is 352 g/mol. The van der Waals surface area contributed by atoms with Crippen molar-refractivity contribution >= 4 is 17.8 Å². The molecule has 1 atom stereocenters. The molecule has 1 heterocycles. The van der Waals surface area contributed by atoms with Crippen molar-refractivity contribution in [2.45, 2.75) is 26.4 Å². The molecule has 0 saturated heterocycles. The maximum absolute atomic E-state index is 12.5. The van der Waals surface area contributed by atoms with Gasteiger partial charge in [-0.25, -0.2) is 4.79 Å². The van der Waals surface area contributed by atoms with Gasteiger partial charge in [-0.2, -0.15) is 0 Å². The van der Waals surface area contributed by atoms with Gasteiger partial charge in [0.05, 0.1) is 6.26 Å². The van der Waals surface area contributed by atoms with Gasteiger partial charge < -0.3 is 24.9 Å². The first kappa shape index (κ1) is 20.0. The molecule has 0 aliphatic heterocycles. The van der Waals surface area contributed by atoms with Gasteiger partial charge in [0.2, 0.25) is 5.91 Å². The number of carbonyl (C=O) groups excluding carboxylic acids is 2. The fourth-order valence-electron chi connectivity index (χ4n) is 2.34. The summed E-state index contributed by atoms with van der Waals surface area (Å²) in [7, 11) is 0. The molecule has 8 heteroatoms. The van der Waals surface area contributed by atoms with Gasteiger partial charge in [-0.05, 0) is 35.7 Å². The number of furan rings is 1. The zero-order valence-electron chi connectivity index (χ0n) is 15.1. The largest absolute Gasteiger partial charge is 0.482 e. The lowest BCUT2D eigenvalue weighted by Gasteiger charge is -2.21. The van der Waals surface area contributed by atoms with Crippen molar-refractivity contribution in [2.75, 3.05) is 6.61 Å². The van der Waals surface area contributed by atoms with Gasteiger partial charge >= 0.3 is 5.97 Å². The third kappa shape index (κ3) is 6.18. The Morgan fingerprint density at radius 3 is 2.59 bits per heavy atom. The van der Waals surface area contributed by atoms with E-state index in [0.29, 0.717) is 5.75 Å². The highest BCUT2D eigenvalue weighted by atomic mass is 16.5. The summed E-state index contributed by atoms with van der Waals surface area (Å²) in [6, 6.07) is 9.15. The maximum Gasteiger partial charge on any atom is 0.341 e. The van der Waals surface area contributed by atoms with Crippen molar-refractivity contribution in [3.05, 3.63) is 54.0 Å². The molecule has 27 heavy (non-hydrogen) atoms. The molecule has 0 spiro atoms. The van der Waals surface area contributed by atoms with E-state index in [4.69, 9.17) is 14.3 Å². The van der Waals surface area contributed by atoms with Crippen LogP contribution in [0.25, 0.3) is 0 Å². The number of aliphatic carboxylic acids is 1. The number of ether oxygens (including phenoxy) is 1. The number of rotatable bonds is 9. The highest BCUT2D eigenvalue weighted by molar-refractivity contribution is 5.95. The van der Waals surface area contributed by atoms with Crippen LogP contribution < -0.4 is 15.4 Å². The van der Waals surface area contributed by atoms with Crippen LogP contribution in [0.4, 0.5) is 0 Å². The molecule has 2 rings (SSSR count). The summed E-state index contributed by atoms with van der Waals surface area (Å²) in [6.07, 6.45) is 1.39. The van der Waals surface area contributed by atoms with E-state index in [1.807, 2.05) is 13.8 Å². The number of carboxylic acid groups (broad SMARTS) is 1. The summed E-state index contributed by atoms with van der Waals surface area (Å²) >= 11 is 0. The van der Waals surface area contributed by atoms with Gasteiger partial charge in [0.15, 0.2) is 12.4 Å². The van der Waals surface area contributed by atoms with E-state index >= 15 is 0 Å². The van der Waals surface area contributed by atoms with Crippen LogP contribution in [0, 0.1) is 5.92 Å². The van der Waals surface area contributed by atoms with E-state index in [1.165, 1.54) is 12.3 Å². The molecule has 0 aliphatic rings. The molecule has 0 aliphatic carbocycles. The van der Waals surface area contributed by atoms with Crippen LogP contribution in [0.15, 0.2) is 47.1 Å². The zero-order chi connectivity index (χ0) is 19.8. The Hall–Kier alpha value is -3.29. The molecule has 1 unspecified atom stereocenters. The van der Waals surface area contributed by atoms with Crippen LogP contribution in [0.1, 0.15) is 30.0 Å². The summed E-state index contributed by atoms with van der Waals surface area (Å²) in [5, 5.41) is 14.1. The van der Waals surface area contributed by atoms with Gasteiger partial charge in [-0.3, -0.25) is 9.59 Å². The first-order valence-corrected chi connectivity index (χ1v) is 8.42. The third-order valence-electron chi connectivity index (χ3n) is 3.71. The maximum atomic E-state index is 12.5. The van der Waals surface area contributed by atoms with Crippen molar-refractivity contribution in [2.24, 2.45) is 5.92 Å². The summed E-state index contributed by atoms with van der Waals surface area (Å²) in [5.74, 6) is -1.46. The average molecular weight is 374 g/mol. The fourth-order valence-corrected chi connectivity index (χ4v) is 2.34. The minimum absolute atomic E-state index is 0.130. The second kappa shape index (κ2) is 9.42. The highest BCUT2D eigenvalue weighted by Crippen LogP contribution is 2.13. The van der Waals surface area contributed by atoms with Crippen LogP contribution in [-0.2, 0) is 16.1 Å². The predicted molar refractivity (Wildman–Crippen MR) is 96.2 cm³/mol. The van der Waals surface area contributed by atoms with Crippen molar-refractivity contribution in [3.8, 4) is 5.75 Å². The van der Waals surface area contributed by atoms with E-state index in [9.17, 15) is 14.4 Å². The predicted octanol–water partition coefficient (Wildman–Crippen LogP) is 1.81. The zero-order valence-corrected chi connectivity index (χ0v) is 15.1. The van der Waals surface area contributed by atoms with Gasteiger partial charge in [0.1, 0.15) is 11.8 Å². The second-order valence-corrected chi connectivity index (χ2v) is 6.22. The molecule has 2 amide bonds. The summed E-state index contributed by atoms with van der Waals surface area (Å²) in [4.78, 5) is 35.2. The molecule has 3 N–H and O–H groups in total. The van der Waals surface area contributed by atoms with Gasteiger partial charge in [0, 0.05) is 6.54 Å². The summed E-state index contributed by atoms with van der Waals surface area (Å²) in [5.41, 5.74) is 0.742. The second-order valence-electron chi connectivity index (χ2n) is 6.22. The lowest BCUT2D eigenvalue weighted by Crippen LogP contribution is -2.49. The van der Waals surface area contributed by atoms with Gasteiger partial charge in [0.25, 0.3) is 5.91 Å². The van der Waals surface area contributed by atoms with E-state index in [-0.39, 0.29) is 24.1 Å². The van der Waals surface area contributed by atoms with E-state index in [0.717, 1.165) is 5.56 Å². The van der Waals surface area contributed by atoms with Crippen LogP contribution in [0.3, 0.4) is 0 Å². The molecule has 1 aromatic heterocycles. The molecule has 0 radical (unpaired) electrons. The molecule has 2 aromatic rings. The van der Waals surface area contributed by atoms with E-state index in [2.05, 4.69) is 10.6 Å². The number of hydrogen-bond donors (Lipinski definition) is 3. The third-order valence-corrected chi connectivity index (χ3v) is 3.71. The Kier molecular flexibility index (Phi) is 6.99. The molecule has 1 aromatic carbocycles. The Morgan fingerprint density at radius 2 is 1.96 bits per heavy atom. The SMILES string of the molecule is CC(C)C(NC(=O)c1ccco1)C(=O)NCc1cccc(OCC(=O)O)c1. The first-order chi connectivity index (χ1) is 12.9. The standard InChI is InChI=1S/C19H22N2O6/c1-12(2)17(21-18(24)15-7-4-8-26-15)19(25)20-10-13-5-3-6-14(9-13)27-11-16(22)23/h3-9,12,17H,10-11H2,1-2H3,(H,20,25)(H,21,24)(H,22,23). The number of amides is 2. The average Bonchev–Trinajstić information content (AvgIpc) is 3.17. The number of carboxylic acids is 1. The highest BCUT2D eigenvalue weighted by Gasteiger charge is 2.25. The topological polar surface area (TPSA) is 118 Å². The molecule has 0 saturated carbocycles. The van der Waals surface area contributed by atoms with E-state index < -0.39 is 24.5 Å². The molecule has 8 nitrogen and oxygen atoms in total. The quantitative estimate of drug-likeness (QED) is 0.616. The lowest BCUT2D eigenvalue weighted by molar-refractivity contribution is -0.139. The Labute approximate surface area is 156 Å². The molecule has 0 fully saturated rings. The van der Waals surface area contributed by atoms with Crippen molar-refractivity contribution in [1.82, 2.24) is 10.6 Å². The Morgan fingerprint density at radius 1 is 1.19 bits per heavy atom. The molecule has 0 bridgehead atoms. The lowest BCUT2D eigenvalue weighted by atomic mass is 10.0. The van der Waals surface area contributed by atoms with Crippen LogP contribution in [0.5, 0.6) is 5.75 Å². The molecular formula is C19H22N2O6. The Bertz CT molecular complexity index is 785. The fraction of sp³-hybridized carbons (Fsp3) is 0.316. The monoisotopic (exact) mass is 374 g/mol. The van der Waals surface area contributed by atoms with Crippen LogP contribution in [-0.4, -0.2) is 35.5 Å². The van der Waals surface area contributed by atoms with E-state index in [1.54, 1.807) is 30.3 Å². The first-order valence-electron chi connectivity index (χ1n) is 8.42. The minimum atomic E-state index is -1.07. The number of carbonyl (C=O) groups is 3. The summed E-state index contributed by atoms with van der Waals surface area (Å²) in [6.45, 7) is 3.42. The smallest absolute Gasteiger partial charge is 0.341 e. The van der Waals surface area contributed by atoms with Gasteiger partial charge in [-0.15, -0.1) is 0 Å². The normalized spacial score (nSPS) is 11.7. The van der Waals surface area contributed by atoms with Crippen molar-refractivity contribution in [1.29, 1.82) is 0 Å². The number of nitrogens with one attached hydrogen (secondary N) is 2. The van der Waals surface area contributed by atoms with Crippen LogP contribution in [0.2, 0.25) is 0 Å². The number of hydrogen-bond acceptors (Lipinski definition) is 5. The van der Waals surface area contributed by atoms with Crippen molar-refractivity contribution in [3.63, 3.8) is 0 Å². The number of benzene rings is 1.